The van der Waals surface area contributed by atoms with E-state index >= 15 is 0 Å². The first-order valence-corrected chi connectivity index (χ1v) is 7.84. The lowest BCUT2D eigenvalue weighted by molar-refractivity contribution is -0.122. The van der Waals surface area contributed by atoms with E-state index in [4.69, 9.17) is 5.73 Å². The van der Waals surface area contributed by atoms with Gasteiger partial charge in [0, 0.05) is 23.2 Å². The number of amides is 1. The van der Waals surface area contributed by atoms with Crippen LogP contribution in [0.5, 0.6) is 0 Å². The lowest BCUT2D eigenvalue weighted by atomic mass is 9.97. The lowest BCUT2D eigenvalue weighted by Gasteiger charge is -2.15. The molecule has 0 fully saturated rings. The Labute approximate surface area is 129 Å². The van der Waals surface area contributed by atoms with Gasteiger partial charge in [-0.3, -0.25) is 4.79 Å². The van der Waals surface area contributed by atoms with Crippen LogP contribution in [0.2, 0.25) is 0 Å². The van der Waals surface area contributed by atoms with Gasteiger partial charge in [-0.25, -0.2) is 4.98 Å². The Hall–Kier alpha value is -1.88. The van der Waals surface area contributed by atoms with Gasteiger partial charge in [0.15, 0.2) is 0 Å². The third-order valence-corrected chi connectivity index (χ3v) is 4.48. The molecule has 0 spiro atoms. The number of anilines is 1. The van der Waals surface area contributed by atoms with E-state index in [1.54, 1.807) is 11.3 Å². The third-order valence-electron chi connectivity index (χ3n) is 3.38. The van der Waals surface area contributed by atoms with Crippen molar-refractivity contribution in [2.45, 2.75) is 39.2 Å². The van der Waals surface area contributed by atoms with Gasteiger partial charge in [0.2, 0.25) is 5.91 Å². The summed E-state index contributed by atoms with van der Waals surface area (Å²) in [5.41, 5.74) is 7.54. The largest absolute Gasteiger partial charge is 0.399 e. The average molecular weight is 303 g/mol. The van der Waals surface area contributed by atoms with Crippen LogP contribution in [0, 0.1) is 6.92 Å². The number of nitrogens with two attached hydrogens (primary N) is 1. The van der Waals surface area contributed by atoms with E-state index in [9.17, 15) is 4.79 Å². The second-order valence-corrected chi connectivity index (χ2v) is 6.64. The lowest BCUT2D eigenvalue weighted by Crippen LogP contribution is -2.27. The van der Waals surface area contributed by atoms with E-state index in [1.807, 2.05) is 51.2 Å². The van der Waals surface area contributed by atoms with Gasteiger partial charge in [-0.2, -0.15) is 0 Å². The van der Waals surface area contributed by atoms with Crippen molar-refractivity contribution in [3.63, 3.8) is 0 Å². The number of aromatic nitrogens is 1. The summed E-state index contributed by atoms with van der Waals surface area (Å²) in [6.45, 7) is 6.02. The Morgan fingerprint density at radius 3 is 2.57 bits per heavy atom. The molecular formula is C16H21N3OS. The molecule has 112 valence electrons. The molecule has 0 saturated carbocycles. The van der Waals surface area contributed by atoms with Crippen LogP contribution < -0.4 is 11.1 Å². The highest BCUT2D eigenvalue weighted by molar-refractivity contribution is 7.11. The molecule has 1 amide bonds. The Balaban J connectivity index is 1.90. The fraction of sp³-hybridized carbons (Fsp3) is 0.375. The molecule has 1 heterocycles. The molecule has 0 aliphatic heterocycles. The van der Waals surface area contributed by atoms with Crippen LogP contribution in [0.15, 0.2) is 30.5 Å². The SMILES string of the molecule is Cc1cnc(C(C)NC(=O)CC(C)c2ccc(N)cc2)s1. The minimum atomic E-state index is -0.0465. The number of nitrogens with one attached hydrogen (secondary N) is 1. The highest BCUT2D eigenvalue weighted by Gasteiger charge is 2.16. The maximum absolute atomic E-state index is 12.1. The Kier molecular flexibility index (Phi) is 4.96. The van der Waals surface area contributed by atoms with Crippen molar-refractivity contribution >= 4 is 22.9 Å². The summed E-state index contributed by atoms with van der Waals surface area (Å²) in [5, 5.41) is 3.95. The fourth-order valence-electron chi connectivity index (χ4n) is 2.15. The zero-order valence-electron chi connectivity index (χ0n) is 12.6. The zero-order valence-corrected chi connectivity index (χ0v) is 13.4. The third kappa shape index (κ3) is 4.29. The minimum absolute atomic E-state index is 0.0414. The monoisotopic (exact) mass is 303 g/mol. The molecule has 2 atom stereocenters. The van der Waals surface area contributed by atoms with Gasteiger partial charge in [0.1, 0.15) is 5.01 Å². The van der Waals surface area contributed by atoms with E-state index in [0.29, 0.717) is 6.42 Å². The molecule has 21 heavy (non-hydrogen) atoms. The van der Waals surface area contributed by atoms with Crippen LogP contribution in [0.25, 0.3) is 0 Å². The minimum Gasteiger partial charge on any atom is -0.399 e. The molecule has 2 unspecified atom stereocenters. The number of hydrogen-bond acceptors (Lipinski definition) is 4. The fourth-order valence-corrected chi connectivity index (χ4v) is 2.93. The highest BCUT2D eigenvalue weighted by atomic mass is 32.1. The first kappa shape index (κ1) is 15.5. The second-order valence-electron chi connectivity index (χ2n) is 5.37. The van der Waals surface area contributed by atoms with Gasteiger partial charge in [-0.1, -0.05) is 19.1 Å². The van der Waals surface area contributed by atoms with E-state index in [0.717, 1.165) is 21.1 Å². The van der Waals surface area contributed by atoms with Gasteiger partial charge >= 0.3 is 0 Å². The molecule has 1 aromatic carbocycles. The van der Waals surface area contributed by atoms with Gasteiger partial charge in [0.25, 0.3) is 0 Å². The number of carbonyl (C=O) groups excluding carboxylic acids is 1. The molecule has 1 aromatic heterocycles. The van der Waals surface area contributed by atoms with E-state index < -0.39 is 0 Å². The molecule has 0 radical (unpaired) electrons. The predicted octanol–water partition coefficient (Wildman–Crippen LogP) is 3.40. The van der Waals surface area contributed by atoms with E-state index in [-0.39, 0.29) is 17.9 Å². The number of benzene rings is 1. The number of carbonyl (C=O) groups is 1. The Morgan fingerprint density at radius 1 is 1.33 bits per heavy atom. The number of nitrogen functional groups attached to an aromatic ring is 1. The van der Waals surface area contributed by atoms with Crippen molar-refractivity contribution in [1.29, 1.82) is 0 Å². The maximum Gasteiger partial charge on any atom is 0.221 e. The van der Waals surface area contributed by atoms with Gasteiger partial charge in [-0.15, -0.1) is 11.3 Å². The van der Waals surface area contributed by atoms with Crippen molar-refractivity contribution in [2.75, 3.05) is 5.73 Å². The maximum atomic E-state index is 12.1. The highest BCUT2D eigenvalue weighted by Crippen LogP contribution is 2.22. The van der Waals surface area contributed by atoms with Crippen LogP contribution in [-0.4, -0.2) is 10.9 Å². The van der Waals surface area contributed by atoms with Crippen molar-refractivity contribution in [1.82, 2.24) is 10.3 Å². The molecule has 0 aliphatic carbocycles. The van der Waals surface area contributed by atoms with Crippen LogP contribution in [-0.2, 0) is 4.79 Å². The summed E-state index contributed by atoms with van der Waals surface area (Å²) < 4.78 is 0. The van der Waals surface area contributed by atoms with E-state index in [1.165, 1.54) is 0 Å². The molecule has 5 heteroatoms. The first-order valence-electron chi connectivity index (χ1n) is 7.03. The van der Waals surface area contributed by atoms with Crippen molar-refractivity contribution in [2.24, 2.45) is 0 Å². The topological polar surface area (TPSA) is 68.0 Å². The van der Waals surface area contributed by atoms with Crippen molar-refractivity contribution in [3.05, 3.63) is 45.9 Å². The van der Waals surface area contributed by atoms with E-state index in [2.05, 4.69) is 10.3 Å². The molecule has 2 rings (SSSR count). The molecule has 2 aromatic rings. The molecule has 0 saturated heterocycles. The van der Waals surface area contributed by atoms with Crippen LogP contribution in [0.4, 0.5) is 5.69 Å². The molecule has 3 N–H and O–H groups in total. The number of aryl methyl sites for hydroxylation is 1. The van der Waals surface area contributed by atoms with Gasteiger partial charge in [-0.05, 0) is 37.5 Å². The number of nitrogens with zero attached hydrogens (tertiary/aromatic N) is 1. The predicted molar refractivity (Wildman–Crippen MR) is 87.3 cm³/mol. The molecule has 0 aliphatic rings. The smallest absolute Gasteiger partial charge is 0.221 e. The summed E-state index contributed by atoms with van der Waals surface area (Å²) in [7, 11) is 0. The number of hydrogen-bond donors (Lipinski definition) is 2. The van der Waals surface area contributed by atoms with Crippen molar-refractivity contribution < 1.29 is 4.79 Å². The molecule has 0 bridgehead atoms. The number of thiazole rings is 1. The standard InChI is InChI=1S/C16H21N3OS/c1-10(13-4-6-14(17)7-5-13)8-15(20)19-12(3)16-18-9-11(2)21-16/h4-7,9-10,12H,8,17H2,1-3H3,(H,19,20). The number of rotatable bonds is 5. The second kappa shape index (κ2) is 6.72. The van der Waals surface area contributed by atoms with Crippen LogP contribution in [0.1, 0.15) is 47.7 Å². The zero-order chi connectivity index (χ0) is 15.4. The van der Waals surface area contributed by atoms with Gasteiger partial charge in [0.05, 0.1) is 6.04 Å². The summed E-state index contributed by atoms with van der Waals surface area (Å²) in [4.78, 5) is 17.6. The first-order chi connectivity index (χ1) is 9.95. The van der Waals surface area contributed by atoms with Crippen LogP contribution >= 0.6 is 11.3 Å². The molecular weight excluding hydrogens is 282 g/mol. The average Bonchev–Trinajstić information content (AvgIpc) is 2.86. The Morgan fingerprint density at radius 2 is 2.00 bits per heavy atom. The quantitative estimate of drug-likeness (QED) is 0.832. The van der Waals surface area contributed by atoms with Gasteiger partial charge < -0.3 is 11.1 Å². The van der Waals surface area contributed by atoms with Crippen LogP contribution in [0.3, 0.4) is 0 Å². The Bertz CT molecular complexity index is 606. The summed E-state index contributed by atoms with van der Waals surface area (Å²) in [6.07, 6.45) is 2.29. The normalized spacial score (nSPS) is 13.7. The molecule has 4 nitrogen and oxygen atoms in total. The summed E-state index contributed by atoms with van der Waals surface area (Å²) in [5.74, 6) is 0.204. The van der Waals surface area contributed by atoms with Crippen molar-refractivity contribution in [3.8, 4) is 0 Å². The summed E-state index contributed by atoms with van der Waals surface area (Å²) >= 11 is 1.61. The summed E-state index contributed by atoms with van der Waals surface area (Å²) in [6, 6.07) is 7.63.